The van der Waals surface area contributed by atoms with E-state index in [0.29, 0.717) is 17.5 Å². The second-order valence-electron chi connectivity index (χ2n) is 5.18. The molecule has 5 heteroatoms. The van der Waals surface area contributed by atoms with Crippen molar-refractivity contribution in [2.75, 3.05) is 0 Å². The molecule has 2 heterocycles. The van der Waals surface area contributed by atoms with Crippen LogP contribution in [0.4, 0.5) is 0 Å². The van der Waals surface area contributed by atoms with Gasteiger partial charge in [0.25, 0.3) is 11.8 Å². The van der Waals surface area contributed by atoms with Gasteiger partial charge in [-0.15, -0.1) is 0 Å². The quantitative estimate of drug-likeness (QED) is 0.813. The van der Waals surface area contributed by atoms with Gasteiger partial charge in [-0.1, -0.05) is 24.3 Å². The Bertz CT molecular complexity index is 706. The summed E-state index contributed by atoms with van der Waals surface area (Å²) >= 11 is 0. The third kappa shape index (κ3) is 2.53. The van der Waals surface area contributed by atoms with Crippen LogP contribution in [0.25, 0.3) is 6.08 Å². The largest absolute Gasteiger partial charge is 0.271 e. The number of nitrogens with zero attached hydrogens (tertiary/aromatic N) is 3. The molecule has 110 valence electrons. The van der Waals surface area contributed by atoms with Crippen LogP contribution in [-0.4, -0.2) is 32.7 Å². The Hall–Kier alpha value is -2.82. The molecule has 0 fully saturated rings. The smallest absolute Gasteiger partial charge is 0.261 e. The molecule has 0 saturated carbocycles. The normalized spacial score (nSPS) is 15.4. The molecule has 0 spiro atoms. The van der Waals surface area contributed by atoms with Crippen LogP contribution in [0, 0.1) is 0 Å². The number of carbonyl (C=O) groups is 2. The summed E-state index contributed by atoms with van der Waals surface area (Å²) in [7, 11) is 0. The van der Waals surface area contributed by atoms with Crippen LogP contribution >= 0.6 is 0 Å². The molecule has 0 saturated heterocycles. The van der Waals surface area contributed by atoms with Gasteiger partial charge in [0.1, 0.15) is 6.33 Å². The highest BCUT2D eigenvalue weighted by atomic mass is 16.2. The molecule has 3 rings (SSSR count). The zero-order valence-electron chi connectivity index (χ0n) is 12.1. The molecule has 1 aromatic carbocycles. The minimum atomic E-state index is -0.218. The molecule has 1 aliphatic rings. The molecule has 22 heavy (non-hydrogen) atoms. The summed E-state index contributed by atoms with van der Waals surface area (Å²) in [5.74, 6) is -0.436. The Labute approximate surface area is 128 Å². The third-order valence-corrected chi connectivity index (χ3v) is 3.63. The summed E-state index contributed by atoms with van der Waals surface area (Å²) < 4.78 is 0. The summed E-state index contributed by atoms with van der Waals surface area (Å²) in [6, 6.07) is 6.73. The van der Waals surface area contributed by atoms with E-state index >= 15 is 0 Å². The predicted octanol–water partition coefficient (Wildman–Crippen LogP) is 2.56. The second kappa shape index (κ2) is 5.89. The van der Waals surface area contributed by atoms with E-state index in [1.165, 1.54) is 11.2 Å². The van der Waals surface area contributed by atoms with Crippen LogP contribution in [0.3, 0.4) is 0 Å². The van der Waals surface area contributed by atoms with Crippen LogP contribution in [0.15, 0.2) is 49.1 Å². The monoisotopic (exact) mass is 293 g/mol. The maximum absolute atomic E-state index is 12.3. The standard InChI is InChI=1S/C17H15N3O2/c1-12(5-4-6-13-9-18-11-19-10-13)20-16(21)14-7-2-3-8-15(14)17(20)22/h2-4,6-12H,5H2,1H3/b6-4+/t12-/m0/s1. The number of hydrogen-bond donors (Lipinski definition) is 0. The molecule has 0 aliphatic carbocycles. The van der Waals surface area contributed by atoms with Crippen molar-refractivity contribution in [3.63, 3.8) is 0 Å². The predicted molar refractivity (Wildman–Crippen MR) is 82.1 cm³/mol. The topological polar surface area (TPSA) is 63.2 Å². The zero-order valence-corrected chi connectivity index (χ0v) is 12.1. The number of amides is 2. The van der Waals surface area contributed by atoms with E-state index in [-0.39, 0.29) is 17.9 Å². The van der Waals surface area contributed by atoms with E-state index in [1.807, 2.05) is 19.1 Å². The average molecular weight is 293 g/mol. The number of hydrogen-bond acceptors (Lipinski definition) is 4. The molecule has 5 nitrogen and oxygen atoms in total. The van der Waals surface area contributed by atoms with Crippen molar-refractivity contribution >= 4 is 17.9 Å². The maximum atomic E-state index is 12.3. The van der Waals surface area contributed by atoms with Gasteiger partial charge in [0.05, 0.1) is 11.1 Å². The van der Waals surface area contributed by atoms with Crippen molar-refractivity contribution in [1.29, 1.82) is 0 Å². The molecular weight excluding hydrogens is 278 g/mol. The maximum Gasteiger partial charge on any atom is 0.261 e. The number of imide groups is 1. The van der Waals surface area contributed by atoms with Crippen molar-refractivity contribution in [2.24, 2.45) is 0 Å². The van der Waals surface area contributed by atoms with Gasteiger partial charge in [0.2, 0.25) is 0 Å². The first kappa shape index (κ1) is 14.1. The van der Waals surface area contributed by atoms with Crippen LogP contribution in [0.5, 0.6) is 0 Å². The molecule has 2 amide bonds. The Kier molecular flexibility index (Phi) is 3.78. The number of fused-ring (bicyclic) bond motifs is 1. The van der Waals surface area contributed by atoms with Gasteiger partial charge in [-0.25, -0.2) is 9.97 Å². The van der Waals surface area contributed by atoms with Gasteiger partial charge in [-0.2, -0.15) is 0 Å². The number of benzene rings is 1. The molecule has 1 aliphatic heterocycles. The highest BCUT2D eigenvalue weighted by molar-refractivity contribution is 6.21. The van der Waals surface area contributed by atoms with Gasteiger partial charge in [0, 0.05) is 24.0 Å². The first-order chi connectivity index (χ1) is 10.7. The Morgan fingerprint density at radius 2 is 1.68 bits per heavy atom. The summed E-state index contributed by atoms with van der Waals surface area (Å²) in [5, 5.41) is 0. The fraction of sp³-hybridized carbons (Fsp3) is 0.176. The van der Waals surface area contributed by atoms with Gasteiger partial charge in [0.15, 0.2) is 0 Å². The Morgan fingerprint density at radius 1 is 1.09 bits per heavy atom. The highest BCUT2D eigenvalue weighted by Crippen LogP contribution is 2.25. The summed E-state index contributed by atoms with van der Waals surface area (Å²) in [4.78, 5) is 33.9. The molecule has 2 aromatic rings. The van der Waals surface area contributed by atoms with E-state index in [4.69, 9.17) is 0 Å². The van der Waals surface area contributed by atoms with Gasteiger partial charge >= 0.3 is 0 Å². The van der Waals surface area contributed by atoms with Gasteiger partial charge < -0.3 is 0 Å². The van der Waals surface area contributed by atoms with E-state index < -0.39 is 0 Å². The van der Waals surface area contributed by atoms with Gasteiger partial charge in [-0.05, 0) is 25.5 Å². The van der Waals surface area contributed by atoms with Crippen molar-refractivity contribution in [1.82, 2.24) is 14.9 Å². The molecular formula is C17H15N3O2. The van der Waals surface area contributed by atoms with Crippen LogP contribution in [0.2, 0.25) is 0 Å². The molecule has 0 unspecified atom stereocenters. The van der Waals surface area contributed by atoms with E-state index in [0.717, 1.165) is 5.56 Å². The minimum absolute atomic E-state index is 0.201. The van der Waals surface area contributed by atoms with E-state index in [9.17, 15) is 9.59 Å². The second-order valence-corrected chi connectivity index (χ2v) is 5.18. The summed E-state index contributed by atoms with van der Waals surface area (Å²) in [6.07, 6.45) is 9.27. The SMILES string of the molecule is C[C@@H](C/C=C/c1cncnc1)N1C(=O)c2ccccc2C1=O. The molecule has 0 bridgehead atoms. The van der Waals surface area contributed by atoms with Crippen LogP contribution in [0.1, 0.15) is 39.6 Å². The Balaban J connectivity index is 1.71. The number of aromatic nitrogens is 2. The van der Waals surface area contributed by atoms with Crippen molar-refractivity contribution < 1.29 is 9.59 Å². The Morgan fingerprint density at radius 3 is 2.27 bits per heavy atom. The van der Waals surface area contributed by atoms with E-state index in [1.54, 1.807) is 36.7 Å². The lowest BCUT2D eigenvalue weighted by atomic mass is 10.1. The average Bonchev–Trinajstić information content (AvgIpc) is 2.80. The number of carbonyl (C=O) groups excluding carboxylic acids is 2. The lowest BCUT2D eigenvalue weighted by Crippen LogP contribution is -2.37. The summed E-state index contributed by atoms with van der Waals surface area (Å²) in [5.41, 5.74) is 1.86. The van der Waals surface area contributed by atoms with Crippen LogP contribution in [-0.2, 0) is 0 Å². The minimum Gasteiger partial charge on any atom is -0.271 e. The highest BCUT2D eigenvalue weighted by Gasteiger charge is 2.37. The molecule has 0 N–H and O–H groups in total. The molecule has 1 atom stereocenters. The van der Waals surface area contributed by atoms with Crippen molar-refractivity contribution in [3.8, 4) is 0 Å². The van der Waals surface area contributed by atoms with E-state index in [2.05, 4.69) is 9.97 Å². The fourth-order valence-corrected chi connectivity index (χ4v) is 2.51. The first-order valence-electron chi connectivity index (χ1n) is 7.07. The van der Waals surface area contributed by atoms with Gasteiger partial charge in [-0.3, -0.25) is 14.5 Å². The fourth-order valence-electron chi connectivity index (χ4n) is 2.51. The van der Waals surface area contributed by atoms with Crippen molar-refractivity contribution in [3.05, 3.63) is 65.8 Å². The third-order valence-electron chi connectivity index (χ3n) is 3.63. The number of rotatable bonds is 4. The molecule has 0 radical (unpaired) electrons. The lowest BCUT2D eigenvalue weighted by Gasteiger charge is -2.21. The van der Waals surface area contributed by atoms with Crippen LogP contribution < -0.4 is 0 Å². The lowest BCUT2D eigenvalue weighted by molar-refractivity contribution is 0.0598. The van der Waals surface area contributed by atoms with Crippen molar-refractivity contribution in [2.45, 2.75) is 19.4 Å². The first-order valence-corrected chi connectivity index (χ1v) is 7.07. The zero-order chi connectivity index (χ0) is 15.5. The summed E-state index contributed by atoms with van der Waals surface area (Å²) in [6.45, 7) is 1.87. The molecule has 1 aromatic heterocycles.